The predicted octanol–water partition coefficient (Wildman–Crippen LogP) is 2.83. The van der Waals surface area contributed by atoms with Crippen LogP contribution in [0.2, 0.25) is 0 Å². The van der Waals surface area contributed by atoms with Crippen LogP contribution in [0.3, 0.4) is 0 Å². The van der Waals surface area contributed by atoms with Crippen LogP contribution in [0.25, 0.3) is 10.9 Å². The molecule has 0 amide bonds. The smallest absolute Gasteiger partial charge is 0.372 e. The van der Waals surface area contributed by atoms with Gasteiger partial charge in [-0.3, -0.25) is 4.57 Å². The summed E-state index contributed by atoms with van der Waals surface area (Å²) in [6.07, 6.45) is 0. The van der Waals surface area contributed by atoms with Crippen molar-refractivity contribution in [1.29, 1.82) is 0 Å². The molecule has 4 nitrogen and oxygen atoms in total. The molecule has 0 unspecified atom stereocenters. The molecule has 0 spiro atoms. The molecule has 0 N–H and O–H groups in total. The zero-order valence-corrected chi connectivity index (χ0v) is 12.0. The van der Waals surface area contributed by atoms with Crippen LogP contribution >= 0.6 is 27.3 Å². The molecule has 6 heteroatoms. The van der Waals surface area contributed by atoms with E-state index in [-0.39, 0.29) is 0 Å². The third-order valence-corrected chi connectivity index (χ3v) is 4.37. The second-order valence-corrected chi connectivity index (χ2v) is 6.51. The van der Waals surface area contributed by atoms with Gasteiger partial charge in [0.1, 0.15) is 0 Å². The normalized spacial score (nSPS) is 11.0. The first-order valence-electron chi connectivity index (χ1n) is 5.52. The fraction of sp³-hybridized carbons (Fsp3) is 0.0769. The maximum Gasteiger partial charge on any atom is 0.422 e. The Morgan fingerprint density at radius 2 is 1.95 bits per heavy atom. The summed E-state index contributed by atoms with van der Waals surface area (Å²) in [5, 5.41) is 0.415. The molecule has 3 rings (SSSR count). The first kappa shape index (κ1) is 12.4. The summed E-state index contributed by atoms with van der Waals surface area (Å²) in [5.74, 6) is -0.631. The molecule has 0 aliphatic rings. The largest absolute Gasteiger partial charge is 0.422 e. The van der Waals surface area contributed by atoms with E-state index in [9.17, 15) is 9.59 Å². The molecule has 0 atom stereocenters. The number of fused-ring (bicyclic) bond motifs is 1. The second kappa shape index (κ2) is 4.79. The maximum absolute atomic E-state index is 11.9. The molecule has 0 radical (unpaired) electrons. The van der Waals surface area contributed by atoms with Gasteiger partial charge in [0, 0.05) is 4.88 Å². The summed E-state index contributed by atoms with van der Waals surface area (Å²) >= 11 is 4.92. The third-order valence-electron chi connectivity index (χ3n) is 2.76. The van der Waals surface area contributed by atoms with Gasteiger partial charge in [-0.25, -0.2) is 9.59 Å². The van der Waals surface area contributed by atoms with Crippen molar-refractivity contribution in [3.63, 3.8) is 0 Å². The molecule has 1 aromatic carbocycles. The van der Waals surface area contributed by atoms with E-state index in [1.54, 1.807) is 35.6 Å². The first-order valence-corrected chi connectivity index (χ1v) is 7.13. The number of benzene rings is 1. The predicted molar refractivity (Wildman–Crippen MR) is 77.9 cm³/mol. The number of hydrogen-bond donors (Lipinski definition) is 0. The summed E-state index contributed by atoms with van der Waals surface area (Å²) in [6.45, 7) is 0.388. The van der Waals surface area contributed by atoms with Crippen molar-refractivity contribution in [1.82, 2.24) is 4.57 Å². The lowest BCUT2D eigenvalue weighted by atomic mass is 10.2. The van der Waals surface area contributed by atoms with E-state index in [4.69, 9.17) is 4.42 Å². The molecule has 96 valence electrons. The number of hydrogen-bond acceptors (Lipinski definition) is 4. The SMILES string of the molecule is O=c1oc(=O)n(Cc2ccc(Br)s2)c2ccccc12. The monoisotopic (exact) mass is 337 g/mol. The van der Waals surface area contributed by atoms with Crippen LogP contribution in [0.1, 0.15) is 4.88 Å². The molecular formula is C13H8BrNO3S. The van der Waals surface area contributed by atoms with E-state index in [1.165, 1.54) is 4.57 Å². The molecule has 0 fully saturated rings. The third kappa shape index (κ3) is 2.29. The average Bonchev–Trinajstić information content (AvgIpc) is 2.80. The highest BCUT2D eigenvalue weighted by atomic mass is 79.9. The Balaban J connectivity index is 2.23. The van der Waals surface area contributed by atoms with Gasteiger partial charge in [-0.2, -0.15) is 0 Å². The summed E-state index contributed by atoms with van der Waals surface area (Å²) in [7, 11) is 0. The van der Waals surface area contributed by atoms with E-state index in [0.29, 0.717) is 17.4 Å². The molecular weight excluding hydrogens is 330 g/mol. The highest BCUT2D eigenvalue weighted by Gasteiger charge is 2.10. The molecule has 0 aliphatic heterocycles. The minimum atomic E-state index is -0.631. The molecule has 2 heterocycles. The van der Waals surface area contributed by atoms with Crippen molar-refractivity contribution in [2.75, 3.05) is 0 Å². The number of aromatic nitrogens is 1. The molecule has 0 aliphatic carbocycles. The van der Waals surface area contributed by atoms with Gasteiger partial charge in [0.05, 0.1) is 21.2 Å². The fourth-order valence-corrected chi connectivity index (χ4v) is 3.38. The zero-order chi connectivity index (χ0) is 13.4. The molecule has 3 aromatic rings. The molecule has 0 saturated heterocycles. The van der Waals surface area contributed by atoms with E-state index in [2.05, 4.69) is 15.9 Å². The van der Waals surface area contributed by atoms with Gasteiger partial charge in [-0.15, -0.1) is 11.3 Å². The Kier molecular flexibility index (Phi) is 3.12. The van der Waals surface area contributed by atoms with Gasteiger partial charge in [-0.05, 0) is 40.2 Å². The lowest BCUT2D eigenvalue weighted by Gasteiger charge is -2.06. The quantitative estimate of drug-likeness (QED) is 0.722. The molecule has 0 bridgehead atoms. The van der Waals surface area contributed by atoms with Crippen LogP contribution in [0, 0.1) is 0 Å². The Morgan fingerprint density at radius 3 is 2.68 bits per heavy atom. The maximum atomic E-state index is 11.9. The van der Waals surface area contributed by atoms with Crippen molar-refractivity contribution in [3.8, 4) is 0 Å². The van der Waals surface area contributed by atoms with Crippen LogP contribution in [-0.2, 0) is 6.54 Å². The molecule has 0 saturated carbocycles. The molecule has 19 heavy (non-hydrogen) atoms. The van der Waals surface area contributed by atoms with Gasteiger partial charge in [0.15, 0.2) is 0 Å². The Labute approximate surface area is 120 Å². The Hall–Kier alpha value is -1.66. The lowest BCUT2D eigenvalue weighted by molar-refractivity contribution is 0.425. The standard InChI is InChI=1S/C13H8BrNO3S/c14-11-6-5-8(19-11)7-15-10-4-2-1-3-9(10)12(16)18-13(15)17/h1-6H,7H2. The van der Waals surface area contributed by atoms with Crippen molar-refractivity contribution in [3.05, 3.63) is 66.0 Å². The Bertz CT molecular complexity index is 862. The van der Waals surface area contributed by atoms with Crippen molar-refractivity contribution in [2.45, 2.75) is 6.54 Å². The van der Waals surface area contributed by atoms with Gasteiger partial charge in [-0.1, -0.05) is 12.1 Å². The van der Waals surface area contributed by atoms with Crippen molar-refractivity contribution >= 4 is 38.2 Å². The topological polar surface area (TPSA) is 52.2 Å². The minimum Gasteiger partial charge on any atom is -0.372 e. The van der Waals surface area contributed by atoms with Gasteiger partial charge in [0.25, 0.3) is 0 Å². The lowest BCUT2D eigenvalue weighted by Crippen LogP contribution is -2.25. The van der Waals surface area contributed by atoms with Crippen LogP contribution < -0.4 is 11.4 Å². The van der Waals surface area contributed by atoms with E-state index < -0.39 is 11.4 Å². The van der Waals surface area contributed by atoms with Crippen LogP contribution in [0.4, 0.5) is 0 Å². The van der Waals surface area contributed by atoms with E-state index >= 15 is 0 Å². The second-order valence-electron chi connectivity index (χ2n) is 3.96. The first-order chi connectivity index (χ1) is 9.15. The minimum absolute atomic E-state index is 0.388. The van der Waals surface area contributed by atoms with E-state index in [1.807, 2.05) is 12.1 Å². The van der Waals surface area contributed by atoms with Crippen LogP contribution in [-0.4, -0.2) is 4.57 Å². The summed E-state index contributed by atoms with van der Waals surface area (Å²) in [5.41, 5.74) is -0.00233. The summed E-state index contributed by atoms with van der Waals surface area (Å²) in [4.78, 5) is 24.5. The fourth-order valence-electron chi connectivity index (χ4n) is 1.91. The Morgan fingerprint density at radius 1 is 1.16 bits per heavy atom. The van der Waals surface area contributed by atoms with Gasteiger partial charge < -0.3 is 4.42 Å². The van der Waals surface area contributed by atoms with Crippen LogP contribution in [0.15, 0.2) is 54.2 Å². The molecule has 2 aromatic heterocycles. The zero-order valence-electron chi connectivity index (χ0n) is 9.63. The number of para-hydroxylation sites is 1. The summed E-state index contributed by atoms with van der Waals surface area (Å²) in [6, 6.07) is 10.8. The number of halogens is 1. The average molecular weight is 338 g/mol. The van der Waals surface area contributed by atoms with Gasteiger partial charge >= 0.3 is 11.4 Å². The van der Waals surface area contributed by atoms with Crippen molar-refractivity contribution < 1.29 is 4.42 Å². The highest BCUT2D eigenvalue weighted by Crippen LogP contribution is 2.23. The summed E-state index contributed by atoms with van der Waals surface area (Å²) < 4.78 is 7.21. The van der Waals surface area contributed by atoms with Crippen LogP contribution in [0.5, 0.6) is 0 Å². The number of nitrogens with zero attached hydrogens (tertiary/aromatic N) is 1. The van der Waals surface area contributed by atoms with Gasteiger partial charge in [0.2, 0.25) is 0 Å². The number of thiophene rings is 1. The highest BCUT2D eigenvalue weighted by molar-refractivity contribution is 9.11. The number of rotatable bonds is 2. The van der Waals surface area contributed by atoms with E-state index in [0.717, 1.165) is 8.66 Å². The van der Waals surface area contributed by atoms with Crippen molar-refractivity contribution in [2.24, 2.45) is 0 Å².